The molecular formula is C64H52. The van der Waals surface area contributed by atoms with Crippen molar-refractivity contribution in [3.05, 3.63) is 250 Å². The summed E-state index contributed by atoms with van der Waals surface area (Å²) in [5.74, 6) is 0.0341. The minimum Gasteiger partial charge on any atom is -0.0622 e. The average Bonchev–Trinajstić information content (AvgIpc) is 3.82. The van der Waals surface area contributed by atoms with Gasteiger partial charge in [-0.15, -0.1) is 0 Å². The Kier molecular flexibility index (Phi) is 8.45. The summed E-state index contributed by atoms with van der Waals surface area (Å²) in [5.41, 5.74) is 27.9. The van der Waals surface area contributed by atoms with Crippen LogP contribution in [0.3, 0.4) is 0 Å². The van der Waals surface area contributed by atoms with Crippen LogP contribution in [-0.4, -0.2) is 0 Å². The second kappa shape index (κ2) is 14.0. The summed E-state index contributed by atoms with van der Waals surface area (Å²) in [4.78, 5) is 0. The van der Waals surface area contributed by atoms with Gasteiger partial charge in [-0.2, -0.15) is 0 Å². The number of hydrogen-bond donors (Lipinski definition) is 0. The Labute approximate surface area is 379 Å². The third-order valence-corrected chi connectivity index (χ3v) is 15.5. The summed E-state index contributed by atoms with van der Waals surface area (Å²) >= 11 is 0. The highest BCUT2D eigenvalue weighted by Crippen LogP contribution is 2.56. The summed E-state index contributed by atoms with van der Waals surface area (Å²) in [6.45, 7) is 14.3. The molecule has 0 saturated carbocycles. The van der Waals surface area contributed by atoms with Crippen LogP contribution in [0.2, 0.25) is 0 Å². The zero-order valence-electron chi connectivity index (χ0n) is 37.6. The van der Waals surface area contributed by atoms with E-state index in [1.165, 1.54) is 117 Å². The number of hydrogen-bond acceptors (Lipinski definition) is 0. The average molecular weight is 821 g/mol. The summed E-state index contributed by atoms with van der Waals surface area (Å²) in [6.07, 6.45) is 0. The van der Waals surface area contributed by atoms with Gasteiger partial charge in [0.2, 0.25) is 0 Å². The molecule has 3 aliphatic rings. The predicted octanol–water partition coefficient (Wildman–Crippen LogP) is 16.8. The smallest absolute Gasteiger partial charge is 0.0346 e. The number of rotatable bonds is 6. The first-order chi connectivity index (χ1) is 31.0. The highest BCUT2D eigenvalue weighted by molar-refractivity contribution is 5.97. The lowest BCUT2D eigenvalue weighted by Gasteiger charge is -2.26. The molecule has 0 aliphatic heterocycles. The molecule has 0 aromatic heterocycles. The first-order valence-corrected chi connectivity index (χ1v) is 23.0. The maximum Gasteiger partial charge on any atom is 0.0346 e. The van der Waals surface area contributed by atoms with Crippen molar-refractivity contribution >= 4 is 0 Å². The second-order valence-corrected chi connectivity index (χ2v) is 20.0. The van der Waals surface area contributed by atoms with E-state index in [0.717, 1.165) is 0 Å². The van der Waals surface area contributed by atoms with Gasteiger partial charge in [0.25, 0.3) is 0 Å². The Bertz CT molecular complexity index is 3340. The SMILES string of the molecule is CC1(C)c2ccccc2-c2ccc(C(c3ccc(-c4cccc5c4-c4ccc(-c6cccc7c6-c6ccccc6C7(C)C)cc4C5(C)C)cc3)c3ccccc3-c3ccccc3)cc21. The van der Waals surface area contributed by atoms with Crippen LogP contribution in [-0.2, 0) is 16.2 Å². The molecule has 0 spiro atoms. The van der Waals surface area contributed by atoms with Gasteiger partial charge in [-0.3, -0.25) is 0 Å². The van der Waals surface area contributed by atoms with Crippen molar-refractivity contribution in [1.29, 1.82) is 0 Å². The predicted molar refractivity (Wildman–Crippen MR) is 269 cm³/mol. The molecule has 0 saturated heterocycles. The molecule has 9 aromatic rings. The molecule has 0 bridgehead atoms. The summed E-state index contributed by atoms with van der Waals surface area (Å²) in [5, 5.41) is 0. The van der Waals surface area contributed by atoms with E-state index in [1.54, 1.807) is 0 Å². The van der Waals surface area contributed by atoms with Crippen molar-refractivity contribution < 1.29 is 0 Å². The van der Waals surface area contributed by atoms with Gasteiger partial charge in [0.05, 0.1) is 0 Å². The van der Waals surface area contributed by atoms with Crippen molar-refractivity contribution in [3.8, 4) is 66.8 Å². The van der Waals surface area contributed by atoms with E-state index in [4.69, 9.17) is 0 Å². The lowest BCUT2D eigenvalue weighted by atomic mass is 9.77. The summed E-state index contributed by atoms with van der Waals surface area (Å²) < 4.78 is 0. The van der Waals surface area contributed by atoms with Crippen molar-refractivity contribution in [2.75, 3.05) is 0 Å². The molecule has 308 valence electrons. The van der Waals surface area contributed by atoms with Crippen molar-refractivity contribution in [3.63, 3.8) is 0 Å². The normalized spacial score (nSPS) is 15.7. The summed E-state index contributed by atoms with van der Waals surface area (Å²) in [6, 6.07) is 75.8. The van der Waals surface area contributed by atoms with E-state index in [0.29, 0.717) is 0 Å². The number of benzene rings is 9. The summed E-state index contributed by atoms with van der Waals surface area (Å²) in [7, 11) is 0. The van der Waals surface area contributed by atoms with Crippen molar-refractivity contribution in [2.45, 2.75) is 63.7 Å². The maximum absolute atomic E-state index is 2.51. The van der Waals surface area contributed by atoms with Crippen molar-refractivity contribution in [2.24, 2.45) is 0 Å². The topological polar surface area (TPSA) is 0 Å². The number of fused-ring (bicyclic) bond motifs is 9. The van der Waals surface area contributed by atoms with Crippen LogP contribution in [0.15, 0.2) is 200 Å². The Morgan fingerprint density at radius 2 is 0.688 bits per heavy atom. The fourth-order valence-corrected chi connectivity index (χ4v) is 12.1. The second-order valence-electron chi connectivity index (χ2n) is 20.0. The molecule has 9 aromatic carbocycles. The minimum absolute atomic E-state index is 0.0332. The van der Waals surface area contributed by atoms with Gasteiger partial charge in [-0.25, -0.2) is 0 Å². The lowest BCUT2D eigenvalue weighted by Crippen LogP contribution is -2.16. The lowest BCUT2D eigenvalue weighted by molar-refractivity contribution is 0.659. The standard InChI is InChI=1S/C64H52/c1-62(2)54-27-15-13-23-51(54)61-47(25-17-28-55(61)62)43-34-37-52-58(38-43)64(5,6)56-29-16-24-46(60(52)56)41-30-32-42(33-31-41)59(50-22-11-10-20-45(50)40-18-8-7-9-19-40)44-35-36-49-48-21-12-14-26-53(48)63(3,4)57(49)39-44/h7-39,59H,1-6H3. The van der Waals surface area contributed by atoms with E-state index < -0.39 is 0 Å². The third-order valence-electron chi connectivity index (χ3n) is 15.5. The Morgan fingerprint density at radius 3 is 1.39 bits per heavy atom. The van der Waals surface area contributed by atoms with Gasteiger partial charge < -0.3 is 0 Å². The van der Waals surface area contributed by atoms with Crippen molar-refractivity contribution in [1.82, 2.24) is 0 Å². The molecule has 12 rings (SSSR count). The van der Waals surface area contributed by atoms with Crippen LogP contribution in [0.1, 0.15) is 97.5 Å². The van der Waals surface area contributed by atoms with E-state index in [-0.39, 0.29) is 22.2 Å². The molecular weight excluding hydrogens is 769 g/mol. The molecule has 0 fully saturated rings. The largest absolute Gasteiger partial charge is 0.0622 e. The molecule has 0 heterocycles. The van der Waals surface area contributed by atoms with E-state index >= 15 is 0 Å². The van der Waals surface area contributed by atoms with Gasteiger partial charge in [-0.1, -0.05) is 236 Å². The van der Waals surface area contributed by atoms with Crippen LogP contribution < -0.4 is 0 Å². The zero-order chi connectivity index (χ0) is 43.5. The van der Waals surface area contributed by atoms with Crippen LogP contribution >= 0.6 is 0 Å². The molecule has 64 heavy (non-hydrogen) atoms. The molecule has 0 heteroatoms. The molecule has 0 radical (unpaired) electrons. The molecule has 0 amide bonds. The fraction of sp³-hybridized carbons (Fsp3) is 0.156. The van der Waals surface area contributed by atoms with E-state index in [2.05, 4.69) is 242 Å². The fourth-order valence-electron chi connectivity index (χ4n) is 12.1. The van der Waals surface area contributed by atoms with E-state index in [9.17, 15) is 0 Å². The first kappa shape index (κ1) is 38.6. The highest BCUT2D eigenvalue weighted by atomic mass is 14.4. The van der Waals surface area contributed by atoms with Crippen LogP contribution in [0.5, 0.6) is 0 Å². The first-order valence-electron chi connectivity index (χ1n) is 23.0. The van der Waals surface area contributed by atoms with Gasteiger partial charge in [0.1, 0.15) is 0 Å². The third kappa shape index (κ3) is 5.54. The molecule has 0 nitrogen and oxygen atoms in total. The zero-order valence-corrected chi connectivity index (χ0v) is 37.6. The van der Waals surface area contributed by atoms with Crippen LogP contribution in [0.25, 0.3) is 66.8 Å². The Balaban J connectivity index is 0.969. The monoisotopic (exact) mass is 820 g/mol. The van der Waals surface area contributed by atoms with E-state index in [1.807, 2.05) is 0 Å². The molecule has 1 atom stereocenters. The Hall–Kier alpha value is -7.02. The molecule has 1 unspecified atom stereocenters. The highest BCUT2D eigenvalue weighted by Gasteiger charge is 2.40. The van der Waals surface area contributed by atoms with Gasteiger partial charge >= 0.3 is 0 Å². The Morgan fingerprint density at radius 1 is 0.266 bits per heavy atom. The van der Waals surface area contributed by atoms with Gasteiger partial charge in [-0.05, 0) is 123 Å². The van der Waals surface area contributed by atoms with Crippen LogP contribution in [0.4, 0.5) is 0 Å². The van der Waals surface area contributed by atoms with Gasteiger partial charge in [0, 0.05) is 22.2 Å². The quantitative estimate of drug-likeness (QED) is 0.147. The van der Waals surface area contributed by atoms with Gasteiger partial charge in [0.15, 0.2) is 0 Å². The maximum atomic E-state index is 2.51. The molecule has 0 N–H and O–H groups in total. The minimum atomic E-state index is -0.154. The van der Waals surface area contributed by atoms with Crippen LogP contribution in [0, 0.1) is 0 Å². The molecule has 3 aliphatic carbocycles.